The van der Waals surface area contributed by atoms with Crippen molar-refractivity contribution in [2.24, 2.45) is 0 Å². The minimum Gasteiger partial charge on any atom is -0.475 e. The number of carboxylic acids is 1. The predicted molar refractivity (Wildman–Crippen MR) is 72.4 cm³/mol. The summed E-state index contributed by atoms with van der Waals surface area (Å²) in [6.45, 7) is 5.05. The van der Waals surface area contributed by atoms with Crippen LogP contribution < -0.4 is 0 Å². The molecule has 3 rings (SSSR count). The molecule has 0 saturated carbocycles. The molecular formula is C15H17NO3. The van der Waals surface area contributed by atoms with Gasteiger partial charge in [-0.25, -0.2) is 4.79 Å². The van der Waals surface area contributed by atoms with E-state index < -0.39 is 5.97 Å². The maximum absolute atomic E-state index is 11.1. The maximum Gasteiger partial charge on any atom is 0.372 e. The summed E-state index contributed by atoms with van der Waals surface area (Å²) in [4.78, 5) is 13.5. The molecule has 0 aliphatic carbocycles. The van der Waals surface area contributed by atoms with E-state index in [9.17, 15) is 4.79 Å². The molecule has 100 valence electrons. The summed E-state index contributed by atoms with van der Waals surface area (Å²) in [5.41, 5.74) is 2.58. The van der Waals surface area contributed by atoms with E-state index in [4.69, 9.17) is 9.52 Å². The lowest BCUT2D eigenvalue weighted by molar-refractivity contribution is 0.0664. The Balaban J connectivity index is 1.95. The van der Waals surface area contributed by atoms with Crippen LogP contribution in [0.5, 0.6) is 0 Å². The van der Waals surface area contributed by atoms with Gasteiger partial charge in [-0.1, -0.05) is 6.07 Å². The summed E-state index contributed by atoms with van der Waals surface area (Å²) in [6.07, 6.45) is 2.55. The smallest absolute Gasteiger partial charge is 0.372 e. The Kier molecular flexibility index (Phi) is 3.03. The summed E-state index contributed by atoms with van der Waals surface area (Å²) in [5.74, 6) is -0.955. The predicted octanol–water partition coefficient (Wildman–Crippen LogP) is 3.04. The van der Waals surface area contributed by atoms with Crippen molar-refractivity contribution in [1.29, 1.82) is 0 Å². The van der Waals surface area contributed by atoms with Crippen LogP contribution in [-0.4, -0.2) is 29.1 Å². The van der Waals surface area contributed by atoms with Crippen LogP contribution in [0.3, 0.4) is 0 Å². The van der Waals surface area contributed by atoms with Crippen LogP contribution in [0.1, 0.15) is 34.5 Å². The fourth-order valence-corrected chi connectivity index (χ4v) is 2.77. The number of rotatable bonds is 3. The number of likely N-dealkylation sites (tertiary alicyclic amines) is 1. The molecule has 2 aromatic rings. The zero-order valence-electron chi connectivity index (χ0n) is 11.0. The van der Waals surface area contributed by atoms with Crippen LogP contribution in [0.4, 0.5) is 0 Å². The van der Waals surface area contributed by atoms with Crippen molar-refractivity contribution in [3.63, 3.8) is 0 Å². The van der Waals surface area contributed by atoms with Crippen LogP contribution in [0.25, 0.3) is 11.0 Å². The van der Waals surface area contributed by atoms with Crippen molar-refractivity contribution in [3.8, 4) is 0 Å². The molecule has 0 atom stereocenters. The molecule has 1 aliphatic rings. The third-order valence-corrected chi connectivity index (χ3v) is 3.80. The zero-order valence-corrected chi connectivity index (χ0v) is 11.0. The highest BCUT2D eigenvalue weighted by Gasteiger charge is 2.17. The van der Waals surface area contributed by atoms with Gasteiger partial charge >= 0.3 is 5.97 Å². The number of carbonyl (C=O) groups is 1. The number of carboxylic acid groups (broad SMARTS) is 1. The Morgan fingerprint density at radius 2 is 2.11 bits per heavy atom. The minimum absolute atomic E-state index is 0.0494. The van der Waals surface area contributed by atoms with Gasteiger partial charge in [-0.05, 0) is 50.6 Å². The normalized spacial score (nSPS) is 16.3. The van der Waals surface area contributed by atoms with Crippen molar-refractivity contribution in [2.75, 3.05) is 13.1 Å². The third-order valence-electron chi connectivity index (χ3n) is 3.80. The SMILES string of the molecule is Cc1c(C(=O)O)oc2ccc(CN3CCCC3)cc12. The Bertz CT molecular complexity index is 624. The molecule has 0 spiro atoms. The van der Waals surface area contributed by atoms with Crippen molar-refractivity contribution in [3.05, 3.63) is 35.1 Å². The Morgan fingerprint density at radius 3 is 2.79 bits per heavy atom. The van der Waals surface area contributed by atoms with Crippen LogP contribution in [0, 0.1) is 6.92 Å². The lowest BCUT2D eigenvalue weighted by Gasteiger charge is -2.14. The van der Waals surface area contributed by atoms with Crippen molar-refractivity contribution in [1.82, 2.24) is 4.90 Å². The van der Waals surface area contributed by atoms with Crippen molar-refractivity contribution in [2.45, 2.75) is 26.3 Å². The molecule has 4 nitrogen and oxygen atoms in total. The van der Waals surface area contributed by atoms with E-state index in [0.29, 0.717) is 11.1 Å². The van der Waals surface area contributed by atoms with Gasteiger partial charge in [-0.2, -0.15) is 0 Å². The van der Waals surface area contributed by atoms with Gasteiger partial charge in [0.05, 0.1) is 0 Å². The molecule has 1 aromatic heterocycles. The second-order valence-electron chi connectivity index (χ2n) is 5.18. The average Bonchev–Trinajstić information content (AvgIpc) is 2.98. The summed E-state index contributed by atoms with van der Waals surface area (Å²) in [6, 6.07) is 5.95. The standard InChI is InChI=1S/C15H17NO3/c1-10-12-8-11(9-16-6-2-3-7-16)4-5-13(12)19-14(10)15(17)18/h4-5,8H,2-3,6-7,9H2,1H3,(H,17,18). The first-order valence-corrected chi connectivity index (χ1v) is 6.63. The monoisotopic (exact) mass is 259 g/mol. The number of benzene rings is 1. The average molecular weight is 259 g/mol. The maximum atomic E-state index is 11.1. The minimum atomic E-state index is -1.00. The van der Waals surface area contributed by atoms with E-state index in [2.05, 4.69) is 11.0 Å². The van der Waals surface area contributed by atoms with Gasteiger partial charge in [0.25, 0.3) is 0 Å². The molecule has 1 fully saturated rings. The number of nitrogens with zero attached hydrogens (tertiary/aromatic N) is 1. The highest BCUT2D eigenvalue weighted by atomic mass is 16.4. The van der Waals surface area contributed by atoms with Crippen LogP contribution in [-0.2, 0) is 6.54 Å². The molecular weight excluding hydrogens is 242 g/mol. The van der Waals surface area contributed by atoms with E-state index >= 15 is 0 Å². The third kappa shape index (κ3) is 2.24. The highest BCUT2D eigenvalue weighted by molar-refractivity contribution is 5.95. The molecule has 0 amide bonds. The lowest BCUT2D eigenvalue weighted by atomic mass is 10.1. The quantitative estimate of drug-likeness (QED) is 0.920. The summed E-state index contributed by atoms with van der Waals surface area (Å²) < 4.78 is 5.37. The van der Waals surface area contributed by atoms with Gasteiger partial charge in [-0.3, -0.25) is 4.90 Å². The zero-order chi connectivity index (χ0) is 13.4. The molecule has 1 aliphatic heterocycles. The van der Waals surface area contributed by atoms with Crippen molar-refractivity contribution < 1.29 is 14.3 Å². The summed E-state index contributed by atoms with van der Waals surface area (Å²) in [5, 5.41) is 9.98. The van der Waals surface area contributed by atoms with Crippen molar-refractivity contribution >= 4 is 16.9 Å². The number of furan rings is 1. The van der Waals surface area contributed by atoms with E-state index in [1.807, 2.05) is 12.1 Å². The summed E-state index contributed by atoms with van der Waals surface area (Å²) in [7, 11) is 0. The molecule has 2 heterocycles. The number of hydrogen-bond acceptors (Lipinski definition) is 3. The number of hydrogen-bond donors (Lipinski definition) is 1. The first kappa shape index (κ1) is 12.2. The van der Waals surface area contributed by atoms with Crippen LogP contribution in [0.15, 0.2) is 22.6 Å². The molecule has 0 radical (unpaired) electrons. The fourth-order valence-electron chi connectivity index (χ4n) is 2.77. The van der Waals surface area contributed by atoms with Crippen LogP contribution >= 0.6 is 0 Å². The molecule has 1 saturated heterocycles. The molecule has 4 heteroatoms. The van der Waals surface area contributed by atoms with E-state index in [1.54, 1.807) is 6.92 Å². The fraction of sp³-hybridized carbons (Fsp3) is 0.400. The summed E-state index contributed by atoms with van der Waals surface area (Å²) >= 11 is 0. The second-order valence-corrected chi connectivity index (χ2v) is 5.18. The van der Waals surface area contributed by atoms with Gasteiger partial charge in [-0.15, -0.1) is 0 Å². The van der Waals surface area contributed by atoms with Gasteiger partial charge in [0, 0.05) is 17.5 Å². The second kappa shape index (κ2) is 4.70. The number of fused-ring (bicyclic) bond motifs is 1. The van der Waals surface area contributed by atoms with Gasteiger partial charge < -0.3 is 9.52 Å². The van der Waals surface area contributed by atoms with Gasteiger partial charge in [0.2, 0.25) is 5.76 Å². The largest absolute Gasteiger partial charge is 0.475 e. The first-order valence-electron chi connectivity index (χ1n) is 6.63. The molecule has 0 bridgehead atoms. The number of aromatic carboxylic acids is 1. The lowest BCUT2D eigenvalue weighted by Crippen LogP contribution is -2.18. The molecule has 19 heavy (non-hydrogen) atoms. The Morgan fingerprint density at radius 1 is 1.37 bits per heavy atom. The van der Waals surface area contributed by atoms with Gasteiger partial charge in [0.1, 0.15) is 5.58 Å². The molecule has 0 unspecified atom stereocenters. The Labute approximate surface area is 111 Å². The first-order chi connectivity index (χ1) is 9.15. The highest BCUT2D eigenvalue weighted by Crippen LogP contribution is 2.27. The molecule has 1 N–H and O–H groups in total. The Hall–Kier alpha value is -1.81. The van der Waals surface area contributed by atoms with Gasteiger partial charge in [0.15, 0.2) is 0 Å². The van der Waals surface area contributed by atoms with E-state index in [1.165, 1.54) is 18.4 Å². The molecule has 1 aromatic carbocycles. The number of aryl methyl sites for hydroxylation is 1. The topological polar surface area (TPSA) is 53.7 Å². The van der Waals surface area contributed by atoms with E-state index in [-0.39, 0.29) is 5.76 Å². The van der Waals surface area contributed by atoms with Crippen LogP contribution in [0.2, 0.25) is 0 Å². The van der Waals surface area contributed by atoms with E-state index in [0.717, 1.165) is 25.0 Å².